The van der Waals surface area contributed by atoms with Gasteiger partial charge in [-0.3, -0.25) is 4.68 Å². The quantitative estimate of drug-likeness (QED) is 0.764. The summed E-state index contributed by atoms with van der Waals surface area (Å²) in [5.41, 5.74) is 4.02. The van der Waals surface area contributed by atoms with E-state index in [1.54, 1.807) is 0 Å². The number of rotatable bonds is 3. The van der Waals surface area contributed by atoms with Gasteiger partial charge in [0.2, 0.25) is 0 Å². The minimum Gasteiger partial charge on any atom is -0.315 e. The van der Waals surface area contributed by atoms with E-state index < -0.39 is 0 Å². The first-order chi connectivity index (χ1) is 9.22. The summed E-state index contributed by atoms with van der Waals surface area (Å²) in [5.74, 6) is 0.959. The zero-order valence-electron chi connectivity index (χ0n) is 11.3. The second-order valence-electron chi connectivity index (χ2n) is 4.53. The second kappa shape index (κ2) is 4.47. The summed E-state index contributed by atoms with van der Waals surface area (Å²) in [6.45, 7) is 2.76. The molecular weight excluding hydrogens is 240 g/mol. The van der Waals surface area contributed by atoms with E-state index in [1.165, 1.54) is 0 Å². The Bertz CT molecular complexity index is 724. The van der Waals surface area contributed by atoms with Crippen LogP contribution in [0.2, 0.25) is 0 Å². The molecular formula is C13H16N6. The lowest BCUT2D eigenvalue weighted by Crippen LogP contribution is -2.11. The van der Waals surface area contributed by atoms with Gasteiger partial charge in [0.25, 0.3) is 0 Å². The summed E-state index contributed by atoms with van der Waals surface area (Å²) < 4.78 is 3.70. The molecule has 3 rings (SSSR count). The highest BCUT2D eigenvalue weighted by atomic mass is 15.5. The third kappa shape index (κ3) is 1.80. The molecule has 19 heavy (non-hydrogen) atoms. The third-order valence-corrected chi connectivity index (χ3v) is 3.22. The average Bonchev–Trinajstić information content (AvgIpc) is 2.92. The normalized spacial score (nSPS) is 11.3. The molecule has 0 spiro atoms. The Morgan fingerprint density at radius 2 is 2.05 bits per heavy atom. The van der Waals surface area contributed by atoms with E-state index >= 15 is 0 Å². The predicted molar refractivity (Wildman–Crippen MR) is 73.1 cm³/mol. The van der Waals surface area contributed by atoms with Gasteiger partial charge in [-0.2, -0.15) is 9.78 Å². The maximum absolute atomic E-state index is 4.48. The van der Waals surface area contributed by atoms with Crippen LogP contribution in [0.3, 0.4) is 0 Å². The van der Waals surface area contributed by atoms with Crippen molar-refractivity contribution in [3.8, 4) is 5.82 Å². The van der Waals surface area contributed by atoms with E-state index in [0.717, 1.165) is 34.7 Å². The molecule has 0 fully saturated rings. The molecule has 0 aliphatic carbocycles. The van der Waals surface area contributed by atoms with Crippen molar-refractivity contribution < 1.29 is 0 Å². The Kier molecular flexibility index (Phi) is 2.79. The first kappa shape index (κ1) is 11.9. The molecule has 6 nitrogen and oxygen atoms in total. The molecule has 6 heteroatoms. The van der Waals surface area contributed by atoms with Gasteiger partial charge in [0, 0.05) is 19.2 Å². The Hall–Kier alpha value is -2.21. The average molecular weight is 256 g/mol. The zero-order valence-corrected chi connectivity index (χ0v) is 11.3. The van der Waals surface area contributed by atoms with Crippen LogP contribution in [0.15, 0.2) is 24.3 Å². The maximum atomic E-state index is 4.48. The van der Waals surface area contributed by atoms with Crippen LogP contribution in [0.1, 0.15) is 11.3 Å². The number of fused-ring (bicyclic) bond motifs is 1. The predicted octanol–water partition coefficient (Wildman–Crippen LogP) is 1.18. The minimum atomic E-state index is 0.753. The van der Waals surface area contributed by atoms with Crippen LogP contribution >= 0.6 is 0 Å². The van der Waals surface area contributed by atoms with E-state index in [-0.39, 0.29) is 0 Å². The molecule has 0 saturated heterocycles. The van der Waals surface area contributed by atoms with Crippen molar-refractivity contribution in [2.45, 2.75) is 13.5 Å². The van der Waals surface area contributed by atoms with Crippen LogP contribution < -0.4 is 5.32 Å². The SMILES string of the molecule is CNCc1c(C)nn(C)c1-n1nnc2ccccc21. The molecule has 1 N–H and O–H groups in total. The number of benzene rings is 1. The Labute approximate surface area is 111 Å². The molecule has 0 saturated carbocycles. The fraction of sp³-hybridized carbons (Fsp3) is 0.308. The second-order valence-corrected chi connectivity index (χ2v) is 4.53. The van der Waals surface area contributed by atoms with Crippen LogP contribution in [0.4, 0.5) is 0 Å². The highest BCUT2D eigenvalue weighted by molar-refractivity contribution is 5.75. The number of aryl methyl sites for hydroxylation is 2. The Morgan fingerprint density at radius 1 is 1.26 bits per heavy atom. The van der Waals surface area contributed by atoms with Crippen LogP contribution in [0.25, 0.3) is 16.9 Å². The van der Waals surface area contributed by atoms with Crippen molar-refractivity contribution in [2.75, 3.05) is 7.05 Å². The van der Waals surface area contributed by atoms with Gasteiger partial charge in [-0.1, -0.05) is 17.3 Å². The number of hydrogen-bond acceptors (Lipinski definition) is 4. The Balaban J connectivity index is 2.26. The lowest BCUT2D eigenvalue weighted by Gasteiger charge is -2.06. The van der Waals surface area contributed by atoms with Gasteiger partial charge >= 0.3 is 0 Å². The molecule has 0 aliphatic rings. The third-order valence-electron chi connectivity index (χ3n) is 3.22. The summed E-state index contributed by atoms with van der Waals surface area (Å²) in [4.78, 5) is 0. The van der Waals surface area contributed by atoms with E-state index in [0.29, 0.717) is 0 Å². The molecule has 2 aromatic heterocycles. The first-order valence-corrected chi connectivity index (χ1v) is 6.20. The van der Waals surface area contributed by atoms with Crippen LogP contribution in [0.5, 0.6) is 0 Å². The number of aromatic nitrogens is 5. The first-order valence-electron chi connectivity index (χ1n) is 6.20. The molecule has 0 aliphatic heterocycles. The maximum Gasteiger partial charge on any atom is 0.158 e. The summed E-state index contributed by atoms with van der Waals surface area (Å²) >= 11 is 0. The summed E-state index contributed by atoms with van der Waals surface area (Å²) in [6, 6.07) is 7.92. The number of para-hydroxylation sites is 1. The van der Waals surface area contributed by atoms with Crippen molar-refractivity contribution in [1.82, 2.24) is 30.1 Å². The van der Waals surface area contributed by atoms with Crippen LogP contribution in [-0.2, 0) is 13.6 Å². The number of nitrogens with one attached hydrogen (secondary N) is 1. The van der Waals surface area contributed by atoms with Gasteiger partial charge in [-0.15, -0.1) is 5.10 Å². The van der Waals surface area contributed by atoms with Crippen LogP contribution in [-0.4, -0.2) is 31.8 Å². The molecule has 0 bridgehead atoms. The van der Waals surface area contributed by atoms with Crippen molar-refractivity contribution in [1.29, 1.82) is 0 Å². The monoisotopic (exact) mass is 256 g/mol. The number of hydrogen-bond donors (Lipinski definition) is 1. The molecule has 0 amide bonds. The molecule has 0 unspecified atom stereocenters. The van der Waals surface area contributed by atoms with Gasteiger partial charge in [-0.05, 0) is 26.1 Å². The minimum absolute atomic E-state index is 0.753. The lowest BCUT2D eigenvalue weighted by molar-refractivity contribution is 0.680. The molecule has 98 valence electrons. The smallest absolute Gasteiger partial charge is 0.158 e. The number of nitrogens with zero attached hydrogens (tertiary/aromatic N) is 5. The molecule has 3 aromatic rings. The van der Waals surface area contributed by atoms with Gasteiger partial charge in [-0.25, -0.2) is 0 Å². The van der Waals surface area contributed by atoms with E-state index in [1.807, 2.05) is 54.6 Å². The summed E-state index contributed by atoms with van der Waals surface area (Å²) in [7, 11) is 3.85. The highest BCUT2D eigenvalue weighted by Gasteiger charge is 2.17. The van der Waals surface area contributed by atoms with Gasteiger partial charge in [0.1, 0.15) is 5.52 Å². The van der Waals surface area contributed by atoms with E-state index in [2.05, 4.69) is 20.7 Å². The van der Waals surface area contributed by atoms with E-state index in [9.17, 15) is 0 Å². The standard InChI is InChI=1S/C13H16N6/c1-9-10(8-14-2)13(18(3)16-9)19-12-7-5-4-6-11(12)15-17-19/h4-7,14H,8H2,1-3H3. The van der Waals surface area contributed by atoms with Crippen molar-refractivity contribution >= 4 is 11.0 Å². The Morgan fingerprint density at radius 3 is 2.84 bits per heavy atom. The molecule has 0 atom stereocenters. The van der Waals surface area contributed by atoms with Crippen molar-refractivity contribution in [3.05, 3.63) is 35.5 Å². The van der Waals surface area contributed by atoms with Crippen LogP contribution in [0, 0.1) is 6.92 Å². The van der Waals surface area contributed by atoms with Crippen molar-refractivity contribution in [2.24, 2.45) is 7.05 Å². The van der Waals surface area contributed by atoms with Gasteiger partial charge < -0.3 is 5.32 Å². The van der Waals surface area contributed by atoms with Gasteiger partial charge in [0.15, 0.2) is 5.82 Å². The largest absolute Gasteiger partial charge is 0.315 e. The topological polar surface area (TPSA) is 60.6 Å². The summed E-state index contributed by atoms with van der Waals surface area (Å²) in [5, 5.41) is 16.1. The van der Waals surface area contributed by atoms with Gasteiger partial charge in [0.05, 0.1) is 11.2 Å². The molecule has 0 radical (unpaired) electrons. The zero-order chi connectivity index (χ0) is 13.4. The molecule has 2 heterocycles. The fourth-order valence-corrected chi connectivity index (χ4v) is 2.36. The highest BCUT2D eigenvalue weighted by Crippen LogP contribution is 2.21. The summed E-state index contributed by atoms with van der Waals surface area (Å²) in [6.07, 6.45) is 0. The lowest BCUT2D eigenvalue weighted by atomic mass is 10.2. The fourth-order valence-electron chi connectivity index (χ4n) is 2.36. The molecule has 1 aromatic carbocycles. The van der Waals surface area contributed by atoms with Crippen molar-refractivity contribution in [3.63, 3.8) is 0 Å². The van der Waals surface area contributed by atoms with E-state index in [4.69, 9.17) is 0 Å².